The number of hydrogen-bond donors (Lipinski definition) is 1. The number of ether oxygens (including phenoxy) is 1. The first-order chi connectivity index (χ1) is 15.1. The van der Waals surface area contributed by atoms with Crippen LogP contribution in [0.3, 0.4) is 0 Å². The van der Waals surface area contributed by atoms with Crippen LogP contribution in [0, 0.1) is 17.8 Å². The lowest BCUT2D eigenvalue weighted by atomic mass is 9.75. The number of nitrogens with zero attached hydrogens (tertiary/aromatic N) is 3. The topological polar surface area (TPSA) is 48.8 Å². The van der Waals surface area contributed by atoms with E-state index in [-0.39, 0.29) is 5.92 Å². The van der Waals surface area contributed by atoms with E-state index in [1.165, 1.54) is 5.56 Å². The van der Waals surface area contributed by atoms with Crippen molar-refractivity contribution in [1.29, 1.82) is 0 Å². The van der Waals surface area contributed by atoms with Gasteiger partial charge in [0.1, 0.15) is 11.4 Å². The van der Waals surface area contributed by atoms with Crippen LogP contribution in [-0.4, -0.2) is 66.0 Å². The first kappa shape index (κ1) is 20.5. The first-order valence-electron chi connectivity index (χ1n) is 11.5. The van der Waals surface area contributed by atoms with Crippen LogP contribution in [0.4, 0.5) is 5.82 Å². The average molecular weight is 418 g/mol. The third kappa shape index (κ3) is 4.34. The van der Waals surface area contributed by atoms with Crippen LogP contribution in [0.25, 0.3) is 0 Å². The van der Waals surface area contributed by atoms with Gasteiger partial charge in [0, 0.05) is 44.1 Å². The smallest absolute Gasteiger partial charge is 0.141 e. The number of pyridine rings is 1. The Morgan fingerprint density at radius 2 is 1.90 bits per heavy atom. The van der Waals surface area contributed by atoms with Crippen molar-refractivity contribution in [2.75, 3.05) is 44.2 Å². The van der Waals surface area contributed by atoms with Crippen LogP contribution in [0.5, 0.6) is 0 Å². The van der Waals surface area contributed by atoms with E-state index in [9.17, 15) is 5.11 Å². The number of benzene rings is 1. The molecule has 0 saturated carbocycles. The Balaban J connectivity index is 1.41. The number of hydrogen-bond acceptors (Lipinski definition) is 5. The molecule has 0 amide bonds. The van der Waals surface area contributed by atoms with Crippen molar-refractivity contribution in [3.05, 3.63) is 59.3 Å². The summed E-state index contributed by atoms with van der Waals surface area (Å²) in [7, 11) is 0. The summed E-state index contributed by atoms with van der Waals surface area (Å²) in [6.45, 7) is 7.39. The minimum atomic E-state index is -0.901. The second kappa shape index (κ2) is 8.63. The highest BCUT2D eigenvalue weighted by atomic mass is 16.5. The summed E-state index contributed by atoms with van der Waals surface area (Å²) in [4.78, 5) is 9.58. The van der Waals surface area contributed by atoms with Crippen LogP contribution >= 0.6 is 0 Å². The Bertz CT molecular complexity index is 969. The fraction of sp³-hybridized carbons (Fsp3) is 0.500. The highest BCUT2D eigenvalue weighted by Gasteiger charge is 2.44. The SMILES string of the molecule is CCOC1CN(c2ccc(C#C[C@@]3(O)CN4CCC3CC4)c(Cc3ccccc3)n2)C1. The normalized spacial score (nSPS) is 27.5. The van der Waals surface area contributed by atoms with E-state index in [4.69, 9.17) is 9.72 Å². The van der Waals surface area contributed by atoms with Gasteiger partial charge >= 0.3 is 0 Å². The zero-order valence-electron chi connectivity index (χ0n) is 18.3. The number of fused-ring (bicyclic) bond motifs is 3. The standard InChI is InChI=1S/C26H31N3O2/c1-2-31-23-17-29(18-23)25-9-8-21(24(27-25)16-20-6-4-3-5-7-20)10-13-26(30)19-28-14-11-22(26)12-15-28/h3-9,22-23,30H,2,11-12,14-19H2,1H3/t26-/m1/s1. The summed E-state index contributed by atoms with van der Waals surface area (Å²) in [5.41, 5.74) is 2.20. The summed E-state index contributed by atoms with van der Waals surface area (Å²) in [5.74, 6) is 7.85. The molecule has 1 aromatic heterocycles. The maximum atomic E-state index is 11.2. The number of rotatable bonds is 5. The Morgan fingerprint density at radius 1 is 1.13 bits per heavy atom. The van der Waals surface area contributed by atoms with Gasteiger partial charge in [-0.3, -0.25) is 4.90 Å². The lowest BCUT2D eigenvalue weighted by Gasteiger charge is -2.47. The van der Waals surface area contributed by atoms with E-state index < -0.39 is 5.60 Å². The molecular weight excluding hydrogens is 386 g/mol. The highest BCUT2D eigenvalue weighted by Crippen LogP contribution is 2.35. The van der Waals surface area contributed by atoms with Crippen LogP contribution in [0.2, 0.25) is 0 Å². The van der Waals surface area contributed by atoms with Crippen molar-refractivity contribution in [2.24, 2.45) is 5.92 Å². The van der Waals surface area contributed by atoms with Crippen molar-refractivity contribution in [2.45, 2.75) is 37.9 Å². The molecule has 162 valence electrons. The van der Waals surface area contributed by atoms with E-state index in [1.54, 1.807) is 0 Å². The number of anilines is 1. The van der Waals surface area contributed by atoms with Gasteiger partial charge in [0.15, 0.2) is 0 Å². The van der Waals surface area contributed by atoms with Crippen molar-refractivity contribution < 1.29 is 9.84 Å². The molecule has 5 nitrogen and oxygen atoms in total. The molecule has 1 aromatic carbocycles. The molecule has 4 fully saturated rings. The van der Waals surface area contributed by atoms with Crippen molar-refractivity contribution in [1.82, 2.24) is 9.88 Å². The van der Waals surface area contributed by atoms with Crippen molar-refractivity contribution >= 4 is 5.82 Å². The Kier molecular flexibility index (Phi) is 5.71. The predicted octanol–water partition coefficient (Wildman–Crippen LogP) is 2.71. The molecule has 1 N–H and O–H groups in total. The molecule has 5 heterocycles. The van der Waals surface area contributed by atoms with Gasteiger partial charge in [0.25, 0.3) is 0 Å². The minimum Gasteiger partial charge on any atom is -0.376 e. The monoisotopic (exact) mass is 417 g/mol. The van der Waals surface area contributed by atoms with Crippen LogP contribution in [0.1, 0.15) is 36.6 Å². The van der Waals surface area contributed by atoms with Gasteiger partial charge < -0.3 is 14.7 Å². The molecule has 0 aliphatic carbocycles. The van der Waals surface area contributed by atoms with Crippen LogP contribution in [0.15, 0.2) is 42.5 Å². The molecule has 31 heavy (non-hydrogen) atoms. The van der Waals surface area contributed by atoms with E-state index in [1.807, 2.05) is 13.0 Å². The zero-order valence-corrected chi connectivity index (χ0v) is 18.3. The second-order valence-corrected chi connectivity index (χ2v) is 9.03. The van der Waals surface area contributed by atoms with Gasteiger partial charge in [-0.1, -0.05) is 42.2 Å². The number of piperidine rings is 3. The molecule has 6 rings (SSSR count). The van der Waals surface area contributed by atoms with Gasteiger partial charge in [-0.05, 0) is 50.6 Å². The lowest BCUT2D eigenvalue weighted by molar-refractivity contribution is -0.0713. The molecule has 4 saturated heterocycles. The van der Waals surface area contributed by atoms with Crippen molar-refractivity contribution in [3.63, 3.8) is 0 Å². The maximum Gasteiger partial charge on any atom is 0.141 e. The Morgan fingerprint density at radius 3 is 2.58 bits per heavy atom. The van der Waals surface area contributed by atoms with E-state index in [0.29, 0.717) is 12.6 Å². The Labute approximate surface area is 185 Å². The highest BCUT2D eigenvalue weighted by molar-refractivity contribution is 5.50. The molecule has 2 aromatic rings. The minimum absolute atomic E-state index is 0.284. The third-order valence-electron chi connectivity index (χ3n) is 6.89. The number of aliphatic hydroxyl groups is 1. The molecule has 1 atom stereocenters. The molecule has 4 aliphatic heterocycles. The van der Waals surface area contributed by atoms with Crippen LogP contribution < -0.4 is 4.90 Å². The number of aromatic nitrogens is 1. The van der Waals surface area contributed by atoms with Crippen molar-refractivity contribution in [3.8, 4) is 11.8 Å². The van der Waals surface area contributed by atoms with Gasteiger partial charge in [-0.25, -0.2) is 4.98 Å². The molecule has 2 bridgehead atoms. The molecule has 5 heteroatoms. The predicted molar refractivity (Wildman–Crippen MR) is 122 cm³/mol. The summed E-state index contributed by atoms with van der Waals surface area (Å²) >= 11 is 0. The van der Waals surface area contributed by atoms with Gasteiger partial charge in [-0.15, -0.1) is 0 Å². The van der Waals surface area contributed by atoms with Gasteiger partial charge in [0.2, 0.25) is 0 Å². The molecule has 0 unspecified atom stereocenters. The fourth-order valence-electron chi connectivity index (χ4n) is 5.03. The molecule has 0 radical (unpaired) electrons. The fourth-order valence-corrected chi connectivity index (χ4v) is 5.03. The van der Waals surface area contributed by atoms with Gasteiger partial charge in [-0.2, -0.15) is 0 Å². The maximum absolute atomic E-state index is 11.2. The quantitative estimate of drug-likeness (QED) is 0.758. The summed E-state index contributed by atoms with van der Waals surface area (Å²) in [6.07, 6.45) is 3.11. The van der Waals surface area contributed by atoms with Gasteiger partial charge in [0.05, 0.1) is 11.8 Å². The van der Waals surface area contributed by atoms with Crippen LogP contribution in [-0.2, 0) is 11.2 Å². The zero-order chi connectivity index (χ0) is 21.3. The molecule has 0 spiro atoms. The summed E-state index contributed by atoms with van der Waals surface area (Å²) < 4.78 is 5.70. The Hall–Kier alpha value is -2.39. The molecular formula is C26H31N3O2. The lowest BCUT2D eigenvalue weighted by Crippen LogP contribution is -2.58. The second-order valence-electron chi connectivity index (χ2n) is 9.03. The first-order valence-corrected chi connectivity index (χ1v) is 11.5. The molecule has 4 aliphatic rings. The average Bonchev–Trinajstić information content (AvgIpc) is 2.76. The van der Waals surface area contributed by atoms with E-state index in [0.717, 1.165) is 69.1 Å². The summed E-state index contributed by atoms with van der Waals surface area (Å²) in [5, 5.41) is 11.2. The third-order valence-corrected chi connectivity index (χ3v) is 6.89. The largest absolute Gasteiger partial charge is 0.376 e. The van der Waals surface area contributed by atoms with E-state index >= 15 is 0 Å². The van der Waals surface area contributed by atoms with E-state index in [2.05, 4.69) is 58.0 Å². The summed E-state index contributed by atoms with van der Waals surface area (Å²) in [6, 6.07) is 14.5.